The van der Waals surface area contributed by atoms with E-state index >= 15 is 0 Å². The third-order valence-electron chi connectivity index (χ3n) is 5.89. The summed E-state index contributed by atoms with van der Waals surface area (Å²) >= 11 is 0. The largest absolute Gasteiger partial charge is 0.508 e. The molecule has 0 aromatic heterocycles. The van der Waals surface area contributed by atoms with E-state index in [4.69, 9.17) is 4.74 Å². The zero-order chi connectivity index (χ0) is 28.7. The van der Waals surface area contributed by atoms with Gasteiger partial charge in [-0.1, -0.05) is 42.5 Å². The Labute approximate surface area is 228 Å². The predicted octanol–water partition coefficient (Wildman–Crippen LogP) is 4.43. The summed E-state index contributed by atoms with van der Waals surface area (Å²) in [4.78, 5) is 41.1. The molecule has 3 amide bonds. The van der Waals surface area contributed by atoms with Crippen LogP contribution in [0.15, 0.2) is 73.3 Å². The van der Waals surface area contributed by atoms with Gasteiger partial charge in [0, 0.05) is 12.2 Å². The zero-order valence-electron chi connectivity index (χ0n) is 22.6. The Bertz CT molecular complexity index is 1360. The number of benzene rings is 3. The number of anilines is 1. The zero-order valence-corrected chi connectivity index (χ0v) is 22.6. The number of ether oxygens (including phenoxy) is 1. The first-order chi connectivity index (χ1) is 18.4. The first-order valence-corrected chi connectivity index (χ1v) is 12.5. The molecule has 0 aliphatic carbocycles. The average Bonchev–Trinajstić information content (AvgIpc) is 2.87. The molecule has 0 fully saturated rings. The van der Waals surface area contributed by atoms with Crippen LogP contribution in [0.5, 0.6) is 5.75 Å². The Morgan fingerprint density at radius 2 is 1.74 bits per heavy atom. The van der Waals surface area contributed by atoms with E-state index in [-0.39, 0.29) is 12.3 Å². The number of rotatable bonds is 9. The Morgan fingerprint density at radius 1 is 1.05 bits per heavy atom. The molecule has 39 heavy (non-hydrogen) atoms. The second-order valence-electron chi connectivity index (χ2n) is 10.2. The van der Waals surface area contributed by atoms with Crippen molar-refractivity contribution >= 4 is 34.4 Å². The van der Waals surface area contributed by atoms with Crippen molar-refractivity contribution in [1.82, 2.24) is 10.2 Å². The second-order valence-corrected chi connectivity index (χ2v) is 10.2. The van der Waals surface area contributed by atoms with Crippen LogP contribution < -0.4 is 10.6 Å². The van der Waals surface area contributed by atoms with Crippen LogP contribution in [0.4, 0.5) is 10.5 Å². The number of amides is 3. The van der Waals surface area contributed by atoms with Crippen LogP contribution in [0.1, 0.15) is 37.9 Å². The van der Waals surface area contributed by atoms with E-state index in [1.54, 1.807) is 45.9 Å². The van der Waals surface area contributed by atoms with Gasteiger partial charge in [-0.15, -0.1) is 6.58 Å². The SMILES string of the molecule is C=CCN(C(=O)C(CO)NC(=O)OC(C)(C)C)C(C(=O)Nc1ccc2ccccc2c1)c1ccc(O)c(C)c1. The van der Waals surface area contributed by atoms with Crippen LogP contribution in [-0.2, 0) is 14.3 Å². The van der Waals surface area contributed by atoms with E-state index < -0.39 is 42.2 Å². The van der Waals surface area contributed by atoms with Crippen molar-refractivity contribution in [1.29, 1.82) is 0 Å². The van der Waals surface area contributed by atoms with Crippen molar-refractivity contribution in [2.75, 3.05) is 18.5 Å². The highest BCUT2D eigenvalue weighted by Gasteiger charge is 2.36. The number of phenolic OH excluding ortho intramolecular Hbond substituents is 1. The predicted molar refractivity (Wildman–Crippen MR) is 150 cm³/mol. The molecule has 0 aliphatic rings. The number of aromatic hydroxyl groups is 1. The summed E-state index contributed by atoms with van der Waals surface area (Å²) in [7, 11) is 0. The third-order valence-corrected chi connectivity index (χ3v) is 5.89. The van der Waals surface area contributed by atoms with E-state index in [0.717, 1.165) is 10.8 Å². The van der Waals surface area contributed by atoms with Crippen molar-refractivity contribution in [3.05, 3.63) is 84.4 Å². The lowest BCUT2D eigenvalue weighted by Crippen LogP contribution is -2.53. The maximum Gasteiger partial charge on any atom is 0.408 e. The van der Waals surface area contributed by atoms with Gasteiger partial charge in [-0.05, 0) is 73.9 Å². The first-order valence-electron chi connectivity index (χ1n) is 12.5. The van der Waals surface area contributed by atoms with Crippen LogP contribution in [0.2, 0.25) is 0 Å². The molecule has 0 bridgehead atoms. The van der Waals surface area contributed by atoms with Crippen molar-refractivity contribution in [3.63, 3.8) is 0 Å². The van der Waals surface area contributed by atoms with Gasteiger partial charge in [0.1, 0.15) is 23.4 Å². The molecule has 3 aromatic rings. The summed E-state index contributed by atoms with van der Waals surface area (Å²) in [6.07, 6.45) is 0.565. The molecule has 0 spiro atoms. The molecular formula is C30H35N3O6. The highest BCUT2D eigenvalue weighted by atomic mass is 16.6. The summed E-state index contributed by atoms with van der Waals surface area (Å²) in [6.45, 7) is 9.63. The van der Waals surface area contributed by atoms with Gasteiger partial charge >= 0.3 is 6.09 Å². The fourth-order valence-electron chi connectivity index (χ4n) is 4.10. The number of carbonyl (C=O) groups excluding carboxylic acids is 3. The Morgan fingerprint density at radius 3 is 2.36 bits per heavy atom. The molecule has 0 heterocycles. The summed E-state index contributed by atoms with van der Waals surface area (Å²) < 4.78 is 5.24. The van der Waals surface area contributed by atoms with Crippen LogP contribution in [0.3, 0.4) is 0 Å². The van der Waals surface area contributed by atoms with Gasteiger partial charge in [0.25, 0.3) is 5.91 Å². The maximum atomic E-state index is 13.8. The van der Waals surface area contributed by atoms with Crippen molar-refractivity contribution in [2.24, 2.45) is 0 Å². The molecule has 9 heteroatoms. The van der Waals surface area contributed by atoms with Crippen LogP contribution in [0.25, 0.3) is 10.8 Å². The molecule has 0 saturated carbocycles. The molecule has 3 rings (SSSR count). The molecular weight excluding hydrogens is 498 g/mol. The third kappa shape index (κ3) is 7.58. The summed E-state index contributed by atoms with van der Waals surface area (Å²) in [5.41, 5.74) is 0.635. The van der Waals surface area contributed by atoms with Gasteiger partial charge in [-0.25, -0.2) is 4.79 Å². The highest BCUT2D eigenvalue weighted by Crippen LogP contribution is 2.29. The molecule has 9 nitrogen and oxygen atoms in total. The number of fused-ring (bicyclic) bond motifs is 1. The number of nitrogens with one attached hydrogen (secondary N) is 2. The number of nitrogens with zero attached hydrogens (tertiary/aromatic N) is 1. The van der Waals surface area contributed by atoms with E-state index in [0.29, 0.717) is 16.8 Å². The van der Waals surface area contributed by atoms with Gasteiger partial charge in [0.05, 0.1) is 6.61 Å². The van der Waals surface area contributed by atoms with E-state index in [1.165, 1.54) is 17.0 Å². The standard InChI is InChI=1S/C30H35N3O6/c1-6-15-33(28(37)24(18-34)32-29(38)39-30(3,4)5)26(22-12-14-25(35)19(2)16-22)27(36)31-23-13-11-20-9-7-8-10-21(20)17-23/h6-14,16-17,24,26,34-35H,1,15,18H2,2-5H3,(H,31,36)(H,32,38). The molecule has 0 radical (unpaired) electrons. The van der Waals surface area contributed by atoms with Gasteiger partial charge in [-0.2, -0.15) is 0 Å². The monoisotopic (exact) mass is 533 g/mol. The number of hydrogen-bond donors (Lipinski definition) is 4. The van der Waals surface area contributed by atoms with Gasteiger partial charge in [0.2, 0.25) is 5.91 Å². The number of aliphatic hydroxyl groups is 1. The molecule has 2 atom stereocenters. The quantitative estimate of drug-likeness (QED) is 0.301. The van der Waals surface area contributed by atoms with Crippen molar-refractivity contribution < 1.29 is 29.3 Å². The van der Waals surface area contributed by atoms with Gasteiger partial charge in [-0.3, -0.25) is 9.59 Å². The Kier molecular flexibility index (Phi) is 9.32. The molecule has 0 saturated heterocycles. The van der Waals surface area contributed by atoms with Crippen molar-refractivity contribution in [2.45, 2.75) is 45.4 Å². The number of aryl methyl sites for hydroxylation is 1. The molecule has 3 aromatic carbocycles. The lowest BCUT2D eigenvalue weighted by Gasteiger charge is -2.33. The van der Waals surface area contributed by atoms with Crippen LogP contribution >= 0.6 is 0 Å². The normalized spacial score (nSPS) is 12.7. The van der Waals surface area contributed by atoms with Crippen molar-refractivity contribution in [3.8, 4) is 5.75 Å². The number of alkyl carbamates (subject to hydrolysis) is 1. The number of phenols is 1. The Hall–Kier alpha value is -4.37. The van der Waals surface area contributed by atoms with Crippen LogP contribution in [0, 0.1) is 6.92 Å². The first kappa shape index (κ1) is 29.2. The second kappa shape index (κ2) is 12.4. The minimum absolute atomic E-state index is 0.0360. The number of carbonyl (C=O) groups is 3. The number of aliphatic hydroxyl groups excluding tert-OH is 1. The average molecular weight is 534 g/mol. The molecule has 0 aliphatic heterocycles. The lowest BCUT2D eigenvalue weighted by atomic mass is 10.00. The smallest absolute Gasteiger partial charge is 0.408 e. The fourth-order valence-corrected chi connectivity index (χ4v) is 4.10. The summed E-state index contributed by atoms with van der Waals surface area (Å²) in [5.74, 6) is -1.21. The van der Waals surface area contributed by atoms with E-state index in [1.807, 2.05) is 36.4 Å². The lowest BCUT2D eigenvalue weighted by molar-refractivity contribution is -0.140. The molecule has 4 N–H and O–H groups in total. The Balaban J connectivity index is 1.99. The summed E-state index contributed by atoms with van der Waals surface area (Å²) in [6, 6.07) is 15.2. The number of hydrogen-bond acceptors (Lipinski definition) is 6. The fraction of sp³-hybridized carbons (Fsp3) is 0.300. The highest BCUT2D eigenvalue weighted by molar-refractivity contribution is 6.00. The molecule has 206 valence electrons. The van der Waals surface area contributed by atoms with E-state index in [2.05, 4.69) is 17.2 Å². The van der Waals surface area contributed by atoms with Crippen LogP contribution in [-0.4, -0.2) is 57.8 Å². The summed E-state index contributed by atoms with van der Waals surface area (Å²) in [5, 5.41) is 27.3. The molecule has 2 unspecified atom stereocenters. The van der Waals surface area contributed by atoms with Gasteiger partial charge < -0.3 is 30.5 Å². The maximum absolute atomic E-state index is 13.8. The van der Waals surface area contributed by atoms with Gasteiger partial charge in [0.15, 0.2) is 0 Å². The topological polar surface area (TPSA) is 128 Å². The minimum Gasteiger partial charge on any atom is -0.508 e. The van der Waals surface area contributed by atoms with E-state index in [9.17, 15) is 24.6 Å². The minimum atomic E-state index is -1.38.